The van der Waals surface area contributed by atoms with Crippen LogP contribution in [0.25, 0.3) is 0 Å². The zero-order valence-corrected chi connectivity index (χ0v) is 24.2. The highest BCUT2D eigenvalue weighted by atomic mass is 16.5. The second-order valence-corrected chi connectivity index (χ2v) is 12.7. The highest BCUT2D eigenvalue weighted by molar-refractivity contribution is 6.00. The van der Waals surface area contributed by atoms with Crippen molar-refractivity contribution < 1.29 is 33.8 Å². The maximum atomic E-state index is 13.9. The van der Waals surface area contributed by atoms with Crippen molar-refractivity contribution in [1.82, 2.24) is 20.4 Å². The molecule has 1 spiro atoms. The van der Waals surface area contributed by atoms with Crippen LogP contribution in [0.15, 0.2) is 24.3 Å². The van der Waals surface area contributed by atoms with Crippen LogP contribution in [0.4, 0.5) is 0 Å². The second-order valence-electron chi connectivity index (χ2n) is 12.7. The fraction of sp³-hybridized carbons (Fsp3) is 0.667. The van der Waals surface area contributed by atoms with Gasteiger partial charge < -0.3 is 35.0 Å². The molecule has 41 heavy (non-hydrogen) atoms. The van der Waals surface area contributed by atoms with Crippen molar-refractivity contribution in [3.05, 3.63) is 29.8 Å². The average molecular weight is 571 g/mol. The van der Waals surface area contributed by atoms with E-state index >= 15 is 0 Å². The third-order valence-electron chi connectivity index (χ3n) is 8.46. The minimum atomic E-state index is -0.909. The van der Waals surface area contributed by atoms with Gasteiger partial charge in [0.25, 0.3) is 11.8 Å². The summed E-state index contributed by atoms with van der Waals surface area (Å²) in [6.45, 7) is 7.09. The number of hydrogen-bond donors (Lipinski definition) is 3. The number of morpholine rings is 1. The van der Waals surface area contributed by atoms with Crippen molar-refractivity contribution in [3.8, 4) is 5.75 Å². The number of carbonyl (C=O) groups excluding carboxylic acids is 4. The third-order valence-corrected chi connectivity index (χ3v) is 8.46. The number of rotatable bonds is 10. The van der Waals surface area contributed by atoms with Gasteiger partial charge in [0.05, 0.1) is 23.9 Å². The predicted octanol–water partition coefficient (Wildman–Crippen LogP) is 1.23. The lowest BCUT2D eigenvalue weighted by atomic mass is 10.0. The summed E-state index contributed by atoms with van der Waals surface area (Å²) in [5.74, 6) is -1.05. The molecule has 11 heteroatoms. The van der Waals surface area contributed by atoms with Crippen LogP contribution >= 0.6 is 0 Å². The van der Waals surface area contributed by atoms with Crippen LogP contribution < -0.4 is 15.4 Å². The van der Waals surface area contributed by atoms with E-state index in [2.05, 4.69) is 10.6 Å². The largest absolute Gasteiger partial charge is 0.483 e. The lowest BCUT2D eigenvalue weighted by molar-refractivity contribution is -0.150. The van der Waals surface area contributed by atoms with Gasteiger partial charge in [-0.1, -0.05) is 26.0 Å². The Hall–Kier alpha value is -3.18. The summed E-state index contributed by atoms with van der Waals surface area (Å²) in [6, 6.07) is 4.89. The van der Waals surface area contributed by atoms with Gasteiger partial charge in [-0.05, 0) is 57.1 Å². The van der Waals surface area contributed by atoms with E-state index in [1.807, 2.05) is 20.8 Å². The Balaban J connectivity index is 1.27. The highest BCUT2D eigenvalue weighted by Gasteiger charge is 2.51. The van der Waals surface area contributed by atoms with E-state index in [1.54, 1.807) is 29.2 Å². The van der Waals surface area contributed by atoms with E-state index in [4.69, 9.17) is 9.47 Å². The van der Waals surface area contributed by atoms with Gasteiger partial charge in [0.2, 0.25) is 11.8 Å². The SMILES string of the molecule is CC(C)C[C@@H](NC(=O)c1ccccc1OCC(=O)NC1(C)CC1)C(=O)N1C[C@@H](O)C[C@@H]1C(=O)N1CCOC2(CC2)C1. The van der Waals surface area contributed by atoms with E-state index in [0.29, 0.717) is 26.1 Å². The summed E-state index contributed by atoms with van der Waals surface area (Å²) in [6.07, 6.45) is 3.39. The molecule has 0 radical (unpaired) electrons. The molecule has 2 aliphatic heterocycles. The first-order chi connectivity index (χ1) is 19.5. The molecule has 1 aromatic carbocycles. The Morgan fingerprint density at radius 2 is 1.88 bits per heavy atom. The number of ether oxygens (including phenoxy) is 2. The summed E-state index contributed by atoms with van der Waals surface area (Å²) in [5, 5.41) is 16.3. The molecule has 0 aromatic heterocycles. The van der Waals surface area contributed by atoms with Gasteiger partial charge in [0.15, 0.2) is 6.61 Å². The quantitative estimate of drug-likeness (QED) is 0.385. The average Bonchev–Trinajstić information content (AvgIpc) is 3.82. The van der Waals surface area contributed by atoms with E-state index < -0.39 is 30.0 Å². The highest BCUT2D eigenvalue weighted by Crippen LogP contribution is 2.42. The molecule has 2 saturated carbocycles. The number of hydrogen-bond acceptors (Lipinski definition) is 7. The normalized spacial score (nSPS) is 24.6. The molecular weight excluding hydrogens is 528 g/mol. The van der Waals surface area contributed by atoms with Gasteiger partial charge in [-0.15, -0.1) is 0 Å². The minimum Gasteiger partial charge on any atom is -0.483 e. The maximum absolute atomic E-state index is 13.9. The Kier molecular flexibility index (Phi) is 8.29. The van der Waals surface area contributed by atoms with E-state index in [0.717, 1.165) is 25.7 Å². The summed E-state index contributed by atoms with van der Waals surface area (Å²) >= 11 is 0. The fourth-order valence-electron chi connectivity index (χ4n) is 5.71. The molecule has 11 nitrogen and oxygen atoms in total. The predicted molar refractivity (Wildman–Crippen MR) is 149 cm³/mol. The number of para-hydroxylation sites is 1. The summed E-state index contributed by atoms with van der Waals surface area (Å²) in [7, 11) is 0. The molecule has 1 aromatic rings. The molecule has 0 unspecified atom stereocenters. The van der Waals surface area contributed by atoms with Crippen molar-refractivity contribution in [2.45, 2.75) is 88.6 Å². The van der Waals surface area contributed by atoms with Gasteiger partial charge in [-0.3, -0.25) is 19.2 Å². The van der Waals surface area contributed by atoms with Crippen molar-refractivity contribution in [1.29, 1.82) is 0 Å². The van der Waals surface area contributed by atoms with E-state index in [1.165, 1.54) is 4.90 Å². The molecule has 2 saturated heterocycles. The van der Waals surface area contributed by atoms with Gasteiger partial charge in [-0.25, -0.2) is 0 Å². The molecule has 3 atom stereocenters. The molecule has 4 fully saturated rings. The molecule has 3 N–H and O–H groups in total. The van der Waals surface area contributed by atoms with Crippen molar-refractivity contribution in [2.75, 3.05) is 32.8 Å². The Bertz CT molecular complexity index is 1180. The topological polar surface area (TPSA) is 138 Å². The van der Waals surface area contributed by atoms with Gasteiger partial charge in [0, 0.05) is 31.6 Å². The lowest BCUT2D eigenvalue weighted by Gasteiger charge is -2.37. The van der Waals surface area contributed by atoms with Crippen LogP contribution in [0.1, 0.15) is 69.7 Å². The molecule has 4 aliphatic rings. The molecule has 224 valence electrons. The van der Waals surface area contributed by atoms with Crippen LogP contribution in [-0.2, 0) is 19.1 Å². The van der Waals surface area contributed by atoms with Crippen molar-refractivity contribution in [2.24, 2.45) is 5.92 Å². The monoisotopic (exact) mass is 570 g/mol. The smallest absolute Gasteiger partial charge is 0.258 e. The van der Waals surface area contributed by atoms with Gasteiger partial charge >= 0.3 is 0 Å². The van der Waals surface area contributed by atoms with E-state index in [-0.39, 0.29) is 59.8 Å². The number of carbonyl (C=O) groups is 4. The molecule has 4 amide bonds. The fourth-order valence-corrected chi connectivity index (χ4v) is 5.71. The molecule has 2 heterocycles. The number of β-amino-alcohol motifs (C(OH)–C–C–N with tert-alkyl or cyclic N) is 1. The van der Waals surface area contributed by atoms with Gasteiger partial charge in [-0.2, -0.15) is 0 Å². The van der Waals surface area contributed by atoms with Crippen LogP contribution in [0, 0.1) is 5.92 Å². The number of nitrogens with one attached hydrogen (secondary N) is 2. The van der Waals surface area contributed by atoms with Crippen molar-refractivity contribution >= 4 is 23.6 Å². The summed E-state index contributed by atoms with van der Waals surface area (Å²) in [5.41, 5.74) is -0.220. The van der Waals surface area contributed by atoms with E-state index in [9.17, 15) is 24.3 Å². The first-order valence-corrected chi connectivity index (χ1v) is 14.7. The maximum Gasteiger partial charge on any atom is 0.258 e. The van der Waals surface area contributed by atoms with Gasteiger partial charge in [0.1, 0.15) is 17.8 Å². The Morgan fingerprint density at radius 1 is 1.15 bits per heavy atom. The summed E-state index contributed by atoms with van der Waals surface area (Å²) < 4.78 is 11.5. The molecule has 0 bridgehead atoms. The standard InChI is InChI=1S/C30H42N4O7/c1-19(2)14-22(31-26(37)21-6-4-5-7-24(21)40-17-25(36)32-29(3)8-9-29)27(38)34-16-20(35)15-23(34)28(39)33-12-13-41-30(18-33)10-11-30/h4-7,19-20,22-23,35H,8-18H2,1-3H3,(H,31,37)(H,32,36)/t20-,22+,23+/m0/s1. The summed E-state index contributed by atoms with van der Waals surface area (Å²) in [4.78, 5) is 56.4. The zero-order chi connectivity index (χ0) is 29.4. The third kappa shape index (κ3) is 7.01. The number of benzene rings is 1. The first-order valence-electron chi connectivity index (χ1n) is 14.7. The van der Waals surface area contributed by atoms with Crippen LogP contribution in [-0.4, -0.2) is 101 Å². The lowest BCUT2D eigenvalue weighted by Crippen LogP contribution is -2.57. The number of aliphatic hydroxyl groups is 1. The second kappa shape index (κ2) is 11.6. The number of aliphatic hydroxyl groups excluding tert-OH is 1. The van der Waals surface area contributed by atoms with Crippen LogP contribution in [0.5, 0.6) is 5.75 Å². The minimum absolute atomic E-state index is 0.0307. The number of amides is 4. The molecule has 5 rings (SSSR count). The Morgan fingerprint density at radius 3 is 2.56 bits per heavy atom. The van der Waals surface area contributed by atoms with Crippen molar-refractivity contribution in [3.63, 3.8) is 0 Å². The zero-order valence-electron chi connectivity index (χ0n) is 24.2. The number of likely N-dealkylation sites (tertiary alicyclic amines) is 1. The molecular formula is C30H42N4O7. The molecule has 2 aliphatic carbocycles. The van der Waals surface area contributed by atoms with Crippen LogP contribution in [0.3, 0.4) is 0 Å². The first kappa shape index (κ1) is 29.3. The van der Waals surface area contributed by atoms with Crippen LogP contribution in [0.2, 0.25) is 0 Å². The number of nitrogens with zero attached hydrogens (tertiary/aromatic N) is 2. The Labute approximate surface area is 240 Å².